The molecule has 1 aromatic rings. The van der Waals surface area contributed by atoms with E-state index in [0.717, 1.165) is 24.5 Å². The van der Waals surface area contributed by atoms with Crippen molar-refractivity contribution in [3.05, 3.63) is 23.2 Å². The average Bonchev–Trinajstić information content (AvgIpc) is 2.80. The molecule has 0 bridgehead atoms. The quantitative estimate of drug-likeness (QED) is 0.601. The minimum absolute atomic E-state index is 0.470. The zero-order chi connectivity index (χ0) is 15.5. The Morgan fingerprint density at radius 2 is 1.90 bits per heavy atom. The fourth-order valence-corrected chi connectivity index (χ4v) is 1.83. The van der Waals surface area contributed by atoms with E-state index >= 15 is 0 Å². The van der Waals surface area contributed by atoms with Crippen molar-refractivity contribution in [2.24, 2.45) is 0 Å². The number of furan rings is 1. The molecule has 0 unspecified atom stereocenters. The highest BCUT2D eigenvalue weighted by Gasteiger charge is 2.07. The number of hydrogen-bond donors (Lipinski definition) is 1. The van der Waals surface area contributed by atoms with Crippen molar-refractivity contribution in [1.82, 2.24) is 5.32 Å². The van der Waals surface area contributed by atoms with Crippen LogP contribution in [0.5, 0.6) is 0 Å². The van der Waals surface area contributed by atoms with Crippen LogP contribution in [-0.2, 0) is 27.4 Å². The molecule has 0 saturated carbocycles. The Balaban J connectivity index is 2.13. The second-order valence-corrected chi connectivity index (χ2v) is 5.34. The van der Waals surface area contributed by atoms with Gasteiger partial charge in [0.15, 0.2) is 0 Å². The van der Waals surface area contributed by atoms with E-state index in [1.54, 1.807) is 7.11 Å². The monoisotopic (exact) mass is 299 g/mol. The zero-order valence-electron chi connectivity index (χ0n) is 13.7. The number of methoxy groups -OCH3 is 1. The Morgan fingerprint density at radius 3 is 2.62 bits per heavy atom. The van der Waals surface area contributed by atoms with Crippen molar-refractivity contribution in [1.29, 1.82) is 0 Å². The van der Waals surface area contributed by atoms with Gasteiger partial charge in [-0.05, 0) is 19.4 Å². The largest absolute Gasteiger partial charge is 0.464 e. The van der Waals surface area contributed by atoms with Crippen molar-refractivity contribution in [2.75, 3.05) is 33.5 Å². The Hall–Kier alpha value is -0.880. The summed E-state index contributed by atoms with van der Waals surface area (Å²) in [6.45, 7) is 10.3. The third-order valence-corrected chi connectivity index (χ3v) is 3.03. The van der Waals surface area contributed by atoms with E-state index in [0.29, 0.717) is 39.1 Å². The number of ether oxygens (including phenoxy) is 3. The third-order valence-electron chi connectivity index (χ3n) is 3.03. The van der Waals surface area contributed by atoms with Crippen LogP contribution in [-0.4, -0.2) is 39.6 Å². The molecular formula is C16H29NO4. The molecule has 1 aromatic heterocycles. The first-order chi connectivity index (χ1) is 10.1. The number of aryl methyl sites for hydroxylation is 1. The smallest absolute Gasteiger partial charge is 0.130 e. The van der Waals surface area contributed by atoms with Crippen LogP contribution in [0.1, 0.15) is 37.4 Å². The lowest BCUT2D eigenvalue weighted by Gasteiger charge is -2.06. The molecule has 0 amide bonds. The van der Waals surface area contributed by atoms with Crippen molar-refractivity contribution < 1.29 is 18.6 Å². The standard InChI is InChI=1S/C16H29NO4/c1-13(2)17-11-15-10-16(21-14(15)3)12-20-7-5-6-19-9-8-18-4/h10,13,17H,5-9,11-12H2,1-4H3. The van der Waals surface area contributed by atoms with Crippen LogP contribution in [0.2, 0.25) is 0 Å². The number of hydrogen-bond acceptors (Lipinski definition) is 5. The second kappa shape index (κ2) is 10.8. The average molecular weight is 299 g/mol. The number of rotatable bonds is 12. The van der Waals surface area contributed by atoms with E-state index in [2.05, 4.69) is 25.2 Å². The Kier molecular flexibility index (Phi) is 9.34. The van der Waals surface area contributed by atoms with Crippen LogP contribution in [0.15, 0.2) is 10.5 Å². The lowest BCUT2D eigenvalue weighted by atomic mass is 10.2. The van der Waals surface area contributed by atoms with E-state index < -0.39 is 0 Å². The van der Waals surface area contributed by atoms with Gasteiger partial charge in [0.25, 0.3) is 0 Å². The fraction of sp³-hybridized carbons (Fsp3) is 0.750. The van der Waals surface area contributed by atoms with Crippen LogP contribution in [0.25, 0.3) is 0 Å². The molecule has 122 valence electrons. The maximum atomic E-state index is 5.69. The van der Waals surface area contributed by atoms with E-state index in [1.807, 2.05) is 6.92 Å². The van der Waals surface area contributed by atoms with Crippen LogP contribution in [0, 0.1) is 6.92 Å². The summed E-state index contributed by atoms with van der Waals surface area (Å²) >= 11 is 0. The molecule has 1 heterocycles. The van der Waals surface area contributed by atoms with Crippen LogP contribution in [0.4, 0.5) is 0 Å². The highest BCUT2D eigenvalue weighted by atomic mass is 16.5. The lowest BCUT2D eigenvalue weighted by Crippen LogP contribution is -2.21. The molecule has 0 aliphatic rings. The van der Waals surface area contributed by atoms with Gasteiger partial charge in [0.1, 0.15) is 18.1 Å². The van der Waals surface area contributed by atoms with Crippen molar-refractivity contribution in [3.63, 3.8) is 0 Å². The van der Waals surface area contributed by atoms with Crippen LogP contribution >= 0.6 is 0 Å². The van der Waals surface area contributed by atoms with Gasteiger partial charge in [-0.25, -0.2) is 0 Å². The molecule has 0 fully saturated rings. The lowest BCUT2D eigenvalue weighted by molar-refractivity contribution is 0.0452. The summed E-state index contributed by atoms with van der Waals surface area (Å²) in [5.41, 5.74) is 1.20. The molecule has 0 atom stereocenters. The van der Waals surface area contributed by atoms with Gasteiger partial charge >= 0.3 is 0 Å². The number of nitrogens with one attached hydrogen (secondary N) is 1. The van der Waals surface area contributed by atoms with Crippen LogP contribution < -0.4 is 5.32 Å². The van der Waals surface area contributed by atoms with Gasteiger partial charge in [-0.1, -0.05) is 13.8 Å². The van der Waals surface area contributed by atoms with Gasteiger partial charge < -0.3 is 23.9 Å². The van der Waals surface area contributed by atoms with Crippen molar-refractivity contribution in [2.45, 2.75) is 46.4 Å². The molecule has 21 heavy (non-hydrogen) atoms. The molecule has 0 radical (unpaired) electrons. The molecule has 1 rings (SSSR count). The van der Waals surface area contributed by atoms with E-state index in [-0.39, 0.29) is 0 Å². The molecule has 5 heteroatoms. The minimum atomic E-state index is 0.470. The highest BCUT2D eigenvalue weighted by molar-refractivity contribution is 5.20. The molecule has 0 aromatic carbocycles. The molecule has 0 saturated heterocycles. The first-order valence-electron chi connectivity index (χ1n) is 7.59. The molecular weight excluding hydrogens is 270 g/mol. The summed E-state index contributed by atoms with van der Waals surface area (Å²) in [6.07, 6.45) is 0.880. The predicted octanol–water partition coefficient (Wildman–Crippen LogP) is 2.66. The molecule has 0 aliphatic carbocycles. The first-order valence-corrected chi connectivity index (χ1v) is 7.59. The normalized spacial score (nSPS) is 11.5. The predicted molar refractivity (Wildman–Crippen MR) is 82.4 cm³/mol. The Bertz CT molecular complexity index is 376. The van der Waals surface area contributed by atoms with E-state index in [9.17, 15) is 0 Å². The highest BCUT2D eigenvalue weighted by Crippen LogP contribution is 2.15. The van der Waals surface area contributed by atoms with Crippen molar-refractivity contribution in [3.8, 4) is 0 Å². The maximum absolute atomic E-state index is 5.69. The summed E-state index contributed by atoms with van der Waals surface area (Å²) in [5.74, 6) is 1.85. The van der Waals surface area contributed by atoms with Gasteiger partial charge in [0.2, 0.25) is 0 Å². The summed E-state index contributed by atoms with van der Waals surface area (Å²) in [5, 5.41) is 3.39. The summed E-state index contributed by atoms with van der Waals surface area (Å²) in [7, 11) is 1.67. The summed E-state index contributed by atoms with van der Waals surface area (Å²) in [4.78, 5) is 0. The molecule has 0 aliphatic heterocycles. The van der Waals surface area contributed by atoms with Crippen molar-refractivity contribution >= 4 is 0 Å². The van der Waals surface area contributed by atoms with Gasteiger partial charge in [-0.2, -0.15) is 0 Å². The van der Waals surface area contributed by atoms with Gasteiger partial charge in [0.05, 0.1) is 13.2 Å². The Labute approximate surface area is 127 Å². The zero-order valence-corrected chi connectivity index (χ0v) is 13.7. The Morgan fingerprint density at radius 1 is 1.14 bits per heavy atom. The van der Waals surface area contributed by atoms with Crippen LogP contribution in [0.3, 0.4) is 0 Å². The second-order valence-electron chi connectivity index (χ2n) is 5.34. The minimum Gasteiger partial charge on any atom is -0.464 e. The van der Waals surface area contributed by atoms with Gasteiger partial charge in [0, 0.05) is 38.5 Å². The van der Waals surface area contributed by atoms with Gasteiger partial charge in [-0.3, -0.25) is 0 Å². The third kappa shape index (κ3) is 8.21. The van der Waals surface area contributed by atoms with E-state index in [1.165, 1.54) is 5.56 Å². The summed E-state index contributed by atoms with van der Waals surface area (Å²) in [6, 6.07) is 2.54. The topological polar surface area (TPSA) is 52.9 Å². The van der Waals surface area contributed by atoms with E-state index in [4.69, 9.17) is 18.6 Å². The first kappa shape index (κ1) is 18.2. The fourth-order valence-electron chi connectivity index (χ4n) is 1.83. The summed E-state index contributed by atoms with van der Waals surface area (Å²) < 4.78 is 21.6. The molecule has 0 spiro atoms. The molecule has 1 N–H and O–H groups in total. The SMILES string of the molecule is COCCOCCCOCc1cc(CNC(C)C)c(C)o1. The maximum Gasteiger partial charge on any atom is 0.130 e. The molecule has 5 nitrogen and oxygen atoms in total. The van der Waals surface area contributed by atoms with Gasteiger partial charge in [-0.15, -0.1) is 0 Å².